The lowest BCUT2D eigenvalue weighted by molar-refractivity contribution is -0.148. The van der Waals surface area contributed by atoms with Crippen molar-refractivity contribution < 1.29 is 13.2 Å². The van der Waals surface area contributed by atoms with Crippen molar-refractivity contribution in [2.24, 2.45) is 5.92 Å². The van der Waals surface area contributed by atoms with Crippen LogP contribution < -0.4 is 5.32 Å². The third-order valence-electron chi connectivity index (χ3n) is 5.01. The van der Waals surface area contributed by atoms with Crippen molar-refractivity contribution >= 4 is 0 Å². The molecule has 5 nitrogen and oxygen atoms in total. The maximum Gasteiger partial charge on any atom is 0.451 e. The van der Waals surface area contributed by atoms with Gasteiger partial charge in [0, 0.05) is 31.7 Å². The Bertz CT molecular complexity index is 540. The molecule has 1 aromatic heterocycles. The first-order valence-corrected chi connectivity index (χ1v) is 7.48. The van der Waals surface area contributed by atoms with Crippen LogP contribution in [0.2, 0.25) is 0 Å². The summed E-state index contributed by atoms with van der Waals surface area (Å²) in [5.41, 5.74) is 0. The average Bonchev–Trinajstić information content (AvgIpc) is 3.10. The molecule has 3 aliphatic rings. The maximum absolute atomic E-state index is 12.8. The SMILES string of the molecule is FC(F)(F)c1nnc2n1CCN(CC1CC3CCC1N3)C2. The molecule has 0 aromatic carbocycles. The molecule has 0 saturated carbocycles. The number of nitrogens with one attached hydrogen (secondary N) is 1. The molecule has 0 radical (unpaired) electrons. The second-order valence-corrected chi connectivity index (χ2v) is 6.37. The summed E-state index contributed by atoms with van der Waals surface area (Å²) < 4.78 is 39.6. The van der Waals surface area contributed by atoms with Crippen molar-refractivity contribution in [2.75, 3.05) is 13.1 Å². The van der Waals surface area contributed by atoms with Crippen LogP contribution in [0, 0.1) is 5.92 Å². The second kappa shape index (κ2) is 4.67. The zero-order valence-electron chi connectivity index (χ0n) is 11.6. The minimum absolute atomic E-state index is 0.325. The Hall–Kier alpha value is -1.15. The summed E-state index contributed by atoms with van der Waals surface area (Å²) in [6.07, 6.45) is -0.717. The third-order valence-corrected chi connectivity index (χ3v) is 5.01. The summed E-state index contributed by atoms with van der Waals surface area (Å²) in [6.45, 7) is 2.38. The van der Waals surface area contributed by atoms with E-state index < -0.39 is 12.0 Å². The van der Waals surface area contributed by atoms with Crippen LogP contribution in [0.4, 0.5) is 13.2 Å². The van der Waals surface area contributed by atoms with E-state index in [9.17, 15) is 13.2 Å². The zero-order chi connectivity index (χ0) is 14.6. The lowest BCUT2D eigenvalue weighted by Crippen LogP contribution is -2.40. The van der Waals surface area contributed by atoms with Crippen molar-refractivity contribution in [3.63, 3.8) is 0 Å². The third kappa shape index (κ3) is 2.34. The smallest absolute Gasteiger partial charge is 0.311 e. The van der Waals surface area contributed by atoms with E-state index in [4.69, 9.17) is 0 Å². The lowest BCUT2D eigenvalue weighted by atomic mass is 9.88. The van der Waals surface area contributed by atoms with Crippen LogP contribution in [0.25, 0.3) is 0 Å². The van der Waals surface area contributed by atoms with Crippen LogP contribution in [0.3, 0.4) is 0 Å². The van der Waals surface area contributed by atoms with Crippen LogP contribution in [0.15, 0.2) is 0 Å². The minimum atomic E-state index is -4.41. The fourth-order valence-corrected chi connectivity index (χ4v) is 4.04. The van der Waals surface area contributed by atoms with Gasteiger partial charge in [-0.15, -0.1) is 10.2 Å². The van der Waals surface area contributed by atoms with E-state index in [1.165, 1.54) is 23.8 Å². The van der Waals surface area contributed by atoms with E-state index in [-0.39, 0.29) is 0 Å². The first-order chi connectivity index (χ1) is 10.0. The molecule has 2 bridgehead atoms. The lowest BCUT2D eigenvalue weighted by Gasteiger charge is -2.32. The molecule has 4 heterocycles. The Morgan fingerprint density at radius 3 is 2.71 bits per heavy atom. The molecule has 0 spiro atoms. The number of halogens is 3. The Balaban J connectivity index is 1.44. The quantitative estimate of drug-likeness (QED) is 0.893. The Labute approximate surface area is 120 Å². The molecule has 3 aliphatic heterocycles. The molecule has 3 atom stereocenters. The van der Waals surface area contributed by atoms with Gasteiger partial charge in [-0.1, -0.05) is 0 Å². The largest absolute Gasteiger partial charge is 0.451 e. The highest BCUT2D eigenvalue weighted by Crippen LogP contribution is 2.34. The van der Waals surface area contributed by atoms with Gasteiger partial charge in [0.1, 0.15) is 5.82 Å². The normalized spacial score (nSPS) is 32.6. The molecule has 116 valence electrons. The summed E-state index contributed by atoms with van der Waals surface area (Å²) in [5, 5.41) is 10.7. The van der Waals surface area contributed by atoms with Gasteiger partial charge in [0.25, 0.3) is 0 Å². The van der Waals surface area contributed by atoms with Gasteiger partial charge in [0.15, 0.2) is 0 Å². The van der Waals surface area contributed by atoms with Gasteiger partial charge in [-0.05, 0) is 25.2 Å². The highest BCUT2D eigenvalue weighted by Gasteiger charge is 2.42. The summed E-state index contributed by atoms with van der Waals surface area (Å²) in [4.78, 5) is 2.22. The average molecular weight is 301 g/mol. The zero-order valence-corrected chi connectivity index (χ0v) is 11.6. The van der Waals surface area contributed by atoms with Gasteiger partial charge in [0.2, 0.25) is 5.82 Å². The molecule has 1 N–H and O–H groups in total. The number of hydrogen-bond acceptors (Lipinski definition) is 4. The van der Waals surface area contributed by atoms with Crippen molar-refractivity contribution in [1.82, 2.24) is 25.0 Å². The number of hydrogen-bond donors (Lipinski definition) is 1. The number of aromatic nitrogens is 3. The van der Waals surface area contributed by atoms with Crippen LogP contribution in [0.5, 0.6) is 0 Å². The highest BCUT2D eigenvalue weighted by atomic mass is 19.4. The van der Waals surface area contributed by atoms with Gasteiger partial charge in [-0.2, -0.15) is 13.2 Å². The molecule has 21 heavy (non-hydrogen) atoms. The summed E-state index contributed by atoms with van der Waals surface area (Å²) >= 11 is 0. The second-order valence-electron chi connectivity index (χ2n) is 6.37. The molecular weight excluding hydrogens is 283 g/mol. The number of nitrogens with zero attached hydrogens (tertiary/aromatic N) is 4. The van der Waals surface area contributed by atoms with E-state index in [2.05, 4.69) is 20.4 Å². The Kier molecular flexibility index (Phi) is 3.01. The predicted octanol–water partition coefficient (Wildman–Crippen LogP) is 1.25. The summed E-state index contributed by atoms with van der Waals surface area (Å²) in [5.74, 6) is 0.198. The molecule has 4 rings (SSSR count). The molecular formula is C13H18F3N5. The van der Waals surface area contributed by atoms with Gasteiger partial charge in [-0.25, -0.2) is 0 Å². The molecule has 0 amide bonds. The molecule has 1 aromatic rings. The van der Waals surface area contributed by atoms with E-state index >= 15 is 0 Å². The summed E-state index contributed by atoms with van der Waals surface area (Å²) in [6, 6.07) is 1.26. The van der Waals surface area contributed by atoms with E-state index in [1.807, 2.05) is 0 Å². The summed E-state index contributed by atoms with van der Waals surface area (Å²) in [7, 11) is 0. The van der Waals surface area contributed by atoms with Gasteiger partial charge in [0.05, 0.1) is 6.54 Å². The fourth-order valence-electron chi connectivity index (χ4n) is 4.04. The Morgan fingerprint density at radius 1 is 1.19 bits per heavy atom. The van der Waals surface area contributed by atoms with Crippen LogP contribution >= 0.6 is 0 Å². The van der Waals surface area contributed by atoms with Gasteiger partial charge >= 0.3 is 6.18 Å². The van der Waals surface area contributed by atoms with Crippen LogP contribution in [0.1, 0.15) is 30.9 Å². The maximum atomic E-state index is 12.8. The molecule has 0 aliphatic carbocycles. The Morgan fingerprint density at radius 2 is 2.05 bits per heavy atom. The minimum Gasteiger partial charge on any atom is -0.311 e. The monoisotopic (exact) mass is 301 g/mol. The van der Waals surface area contributed by atoms with Gasteiger partial charge < -0.3 is 9.88 Å². The van der Waals surface area contributed by atoms with Crippen LogP contribution in [-0.2, 0) is 19.3 Å². The van der Waals surface area contributed by atoms with Gasteiger partial charge in [-0.3, -0.25) is 4.90 Å². The number of rotatable bonds is 2. The standard InChI is InChI=1S/C13H18F3N5/c14-13(15,16)12-19-18-11-7-20(3-4-21(11)12)6-8-5-9-1-2-10(8)17-9/h8-10,17H,1-7H2. The van der Waals surface area contributed by atoms with Crippen molar-refractivity contribution in [3.05, 3.63) is 11.6 Å². The number of fused-ring (bicyclic) bond motifs is 3. The first kappa shape index (κ1) is 13.5. The van der Waals surface area contributed by atoms with E-state index in [1.54, 1.807) is 0 Å². The molecule has 8 heteroatoms. The molecule has 3 unspecified atom stereocenters. The van der Waals surface area contributed by atoms with Crippen LogP contribution in [-0.4, -0.2) is 44.8 Å². The first-order valence-electron chi connectivity index (χ1n) is 7.48. The fraction of sp³-hybridized carbons (Fsp3) is 0.846. The topological polar surface area (TPSA) is 46.0 Å². The van der Waals surface area contributed by atoms with E-state index in [0.717, 1.165) is 6.54 Å². The van der Waals surface area contributed by atoms with Crippen molar-refractivity contribution in [1.29, 1.82) is 0 Å². The number of alkyl halides is 3. The van der Waals surface area contributed by atoms with Crippen molar-refractivity contribution in [2.45, 2.75) is 50.6 Å². The molecule has 2 saturated heterocycles. The van der Waals surface area contributed by atoms with E-state index in [0.29, 0.717) is 43.5 Å². The highest BCUT2D eigenvalue weighted by molar-refractivity contribution is 5.03. The van der Waals surface area contributed by atoms with Crippen molar-refractivity contribution in [3.8, 4) is 0 Å². The predicted molar refractivity (Wildman–Crippen MR) is 68.4 cm³/mol. The molecule has 2 fully saturated rings.